The first-order chi connectivity index (χ1) is 7.18. The van der Waals surface area contributed by atoms with Crippen LogP contribution in [0.1, 0.15) is 23.6 Å². The van der Waals surface area contributed by atoms with Crippen LogP contribution in [0, 0.1) is 5.92 Å². The normalized spacial score (nSPS) is 22.4. The maximum Gasteiger partial charge on any atom is 0.146 e. The Hall–Kier alpha value is -0.700. The summed E-state index contributed by atoms with van der Waals surface area (Å²) in [6, 6.07) is 0. The van der Waals surface area contributed by atoms with Crippen LogP contribution in [-0.2, 0) is 19.3 Å². The van der Waals surface area contributed by atoms with Crippen LogP contribution in [0.4, 0.5) is 5.69 Å². The van der Waals surface area contributed by atoms with Crippen molar-refractivity contribution in [3.63, 3.8) is 0 Å². The van der Waals surface area contributed by atoms with Crippen molar-refractivity contribution in [1.82, 2.24) is 0 Å². The first kappa shape index (κ1) is 9.52. The van der Waals surface area contributed by atoms with E-state index in [2.05, 4.69) is 22.9 Å². The van der Waals surface area contributed by atoms with Crippen molar-refractivity contribution >= 4 is 21.6 Å². The highest BCUT2D eigenvalue weighted by Gasteiger charge is 2.30. The van der Waals surface area contributed by atoms with Gasteiger partial charge in [0.05, 0.1) is 12.3 Å². The number of nitrogens with two attached hydrogens (primary N) is 1. The molecule has 15 heavy (non-hydrogen) atoms. The van der Waals surface area contributed by atoms with Gasteiger partial charge in [-0.05, 0) is 29.9 Å². The van der Waals surface area contributed by atoms with Crippen molar-refractivity contribution in [2.45, 2.75) is 26.2 Å². The lowest BCUT2D eigenvalue weighted by Crippen LogP contribution is -1.99. The lowest BCUT2D eigenvalue weighted by molar-refractivity contribution is 0.358. The van der Waals surface area contributed by atoms with E-state index in [-0.39, 0.29) is 0 Å². The second-order valence-corrected chi connectivity index (χ2v) is 5.40. The molecular formula is C12H14BrNO. The summed E-state index contributed by atoms with van der Waals surface area (Å²) < 4.78 is 6.87. The molecule has 1 heterocycles. The fraction of sp³-hybridized carbons (Fsp3) is 0.500. The van der Waals surface area contributed by atoms with Crippen LogP contribution < -0.4 is 10.5 Å². The van der Waals surface area contributed by atoms with Crippen molar-refractivity contribution in [1.29, 1.82) is 0 Å². The monoisotopic (exact) mass is 267 g/mol. The molecule has 1 aromatic rings. The number of anilines is 1. The molecule has 0 amide bonds. The molecule has 1 aliphatic heterocycles. The van der Waals surface area contributed by atoms with Crippen molar-refractivity contribution in [3.05, 3.63) is 21.2 Å². The second kappa shape index (κ2) is 3.14. The number of hydrogen-bond acceptors (Lipinski definition) is 2. The van der Waals surface area contributed by atoms with Gasteiger partial charge in [-0.15, -0.1) is 0 Å². The van der Waals surface area contributed by atoms with Crippen LogP contribution in [0.5, 0.6) is 5.75 Å². The molecule has 0 fully saturated rings. The van der Waals surface area contributed by atoms with E-state index in [1.54, 1.807) is 0 Å². The number of rotatable bonds is 0. The van der Waals surface area contributed by atoms with Gasteiger partial charge in [0.2, 0.25) is 0 Å². The number of nitrogen functional groups attached to an aromatic ring is 1. The maximum atomic E-state index is 6.17. The van der Waals surface area contributed by atoms with Gasteiger partial charge < -0.3 is 10.5 Å². The minimum absolute atomic E-state index is 0.709. The highest BCUT2D eigenvalue weighted by molar-refractivity contribution is 9.10. The van der Waals surface area contributed by atoms with E-state index in [4.69, 9.17) is 10.5 Å². The summed E-state index contributed by atoms with van der Waals surface area (Å²) in [4.78, 5) is 0. The van der Waals surface area contributed by atoms with Crippen LogP contribution in [-0.4, -0.2) is 6.61 Å². The number of halogens is 1. The molecule has 0 radical (unpaired) electrons. The quantitative estimate of drug-likeness (QED) is 0.734. The van der Waals surface area contributed by atoms with E-state index < -0.39 is 0 Å². The van der Waals surface area contributed by atoms with Crippen LogP contribution in [0.2, 0.25) is 0 Å². The number of ether oxygens (including phenoxy) is 1. The zero-order valence-corrected chi connectivity index (χ0v) is 10.4. The predicted octanol–water partition coefficient (Wildman–Crippen LogP) is 2.70. The van der Waals surface area contributed by atoms with Gasteiger partial charge in [-0.25, -0.2) is 0 Å². The van der Waals surface area contributed by atoms with Crippen molar-refractivity contribution in [2.75, 3.05) is 12.3 Å². The second-order valence-electron chi connectivity index (χ2n) is 4.60. The summed E-state index contributed by atoms with van der Waals surface area (Å²) in [5.74, 6) is 1.65. The van der Waals surface area contributed by atoms with Crippen molar-refractivity contribution in [2.24, 2.45) is 5.92 Å². The Labute approximate surface area is 97.9 Å². The standard InChI is InChI=1S/C12H14BrNO/c1-6-4-8-9(5-6)11(14)12-7(10(8)13)2-3-15-12/h6H,2-5,14H2,1H3. The summed E-state index contributed by atoms with van der Waals surface area (Å²) >= 11 is 3.71. The van der Waals surface area contributed by atoms with Crippen LogP contribution in [0.25, 0.3) is 0 Å². The molecule has 3 heteroatoms. The molecule has 1 unspecified atom stereocenters. The Bertz CT molecular complexity index is 403. The van der Waals surface area contributed by atoms with E-state index in [0.717, 1.165) is 37.3 Å². The van der Waals surface area contributed by atoms with Gasteiger partial charge in [-0.1, -0.05) is 22.9 Å². The van der Waals surface area contributed by atoms with E-state index in [1.165, 1.54) is 21.2 Å². The zero-order chi connectivity index (χ0) is 10.6. The molecular weight excluding hydrogens is 254 g/mol. The highest BCUT2D eigenvalue weighted by atomic mass is 79.9. The molecule has 1 aromatic carbocycles. The Balaban J connectivity index is 2.27. The number of benzene rings is 1. The summed E-state index contributed by atoms with van der Waals surface area (Å²) in [6.07, 6.45) is 3.23. The Morgan fingerprint density at radius 2 is 2.00 bits per heavy atom. The van der Waals surface area contributed by atoms with Gasteiger partial charge in [-0.2, -0.15) is 0 Å². The highest BCUT2D eigenvalue weighted by Crippen LogP contribution is 2.46. The van der Waals surface area contributed by atoms with E-state index in [9.17, 15) is 0 Å². The number of fused-ring (bicyclic) bond motifs is 2. The van der Waals surface area contributed by atoms with Crippen LogP contribution in [0.15, 0.2) is 4.47 Å². The van der Waals surface area contributed by atoms with Gasteiger partial charge in [-0.3, -0.25) is 0 Å². The first-order valence-corrected chi connectivity index (χ1v) is 6.22. The summed E-state index contributed by atoms with van der Waals surface area (Å²) in [5.41, 5.74) is 11.1. The minimum atomic E-state index is 0.709. The minimum Gasteiger partial charge on any atom is -0.491 e. The van der Waals surface area contributed by atoms with E-state index in [1.807, 2.05) is 0 Å². The summed E-state index contributed by atoms with van der Waals surface area (Å²) in [5, 5.41) is 0. The lowest BCUT2D eigenvalue weighted by Gasteiger charge is -2.12. The lowest BCUT2D eigenvalue weighted by atomic mass is 10.0. The predicted molar refractivity (Wildman–Crippen MR) is 64.3 cm³/mol. The molecule has 80 valence electrons. The molecule has 2 nitrogen and oxygen atoms in total. The largest absolute Gasteiger partial charge is 0.491 e. The third-order valence-electron chi connectivity index (χ3n) is 3.44. The first-order valence-electron chi connectivity index (χ1n) is 5.42. The Morgan fingerprint density at radius 1 is 1.27 bits per heavy atom. The van der Waals surface area contributed by atoms with Gasteiger partial charge in [0.25, 0.3) is 0 Å². The van der Waals surface area contributed by atoms with Crippen molar-refractivity contribution in [3.8, 4) is 5.75 Å². The molecule has 0 saturated heterocycles. The molecule has 2 N–H and O–H groups in total. The molecule has 0 bridgehead atoms. The fourth-order valence-electron chi connectivity index (χ4n) is 2.73. The topological polar surface area (TPSA) is 35.2 Å². The third-order valence-corrected chi connectivity index (χ3v) is 4.40. The SMILES string of the molecule is CC1Cc2c(N)c3c(c(Br)c2C1)CCO3. The Kier molecular flexibility index (Phi) is 2.00. The average molecular weight is 268 g/mol. The van der Waals surface area contributed by atoms with E-state index >= 15 is 0 Å². The molecule has 0 aromatic heterocycles. The Morgan fingerprint density at radius 3 is 2.80 bits per heavy atom. The third kappa shape index (κ3) is 1.22. The maximum absolute atomic E-state index is 6.17. The fourth-order valence-corrected chi connectivity index (χ4v) is 3.51. The van der Waals surface area contributed by atoms with Crippen LogP contribution in [0.3, 0.4) is 0 Å². The average Bonchev–Trinajstić information content (AvgIpc) is 2.79. The van der Waals surface area contributed by atoms with Crippen LogP contribution >= 0.6 is 15.9 Å². The molecule has 1 atom stereocenters. The molecule has 0 saturated carbocycles. The zero-order valence-electron chi connectivity index (χ0n) is 8.77. The molecule has 0 spiro atoms. The molecule has 1 aliphatic carbocycles. The van der Waals surface area contributed by atoms with Gasteiger partial charge in [0.15, 0.2) is 0 Å². The van der Waals surface area contributed by atoms with E-state index in [0.29, 0.717) is 5.92 Å². The number of hydrogen-bond donors (Lipinski definition) is 1. The summed E-state index contributed by atoms with van der Waals surface area (Å²) in [7, 11) is 0. The smallest absolute Gasteiger partial charge is 0.146 e. The molecule has 2 aliphatic rings. The molecule has 3 rings (SSSR count). The van der Waals surface area contributed by atoms with Crippen molar-refractivity contribution < 1.29 is 4.74 Å². The summed E-state index contributed by atoms with van der Waals surface area (Å²) in [6.45, 7) is 3.05. The van der Waals surface area contributed by atoms with Gasteiger partial charge >= 0.3 is 0 Å². The van der Waals surface area contributed by atoms with Gasteiger partial charge in [0, 0.05) is 16.5 Å². The van der Waals surface area contributed by atoms with Gasteiger partial charge in [0.1, 0.15) is 5.75 Å².